The van der Waals surface area contributed by atoms with E-state index in [9.17, 15) is 41.4 Å². The third kappa shape index (κ3) is 7.14. The van der Waals surface area contributed by atoms with Crippen LogP contribution in [-0.4, -0.2) is 42.0 Å². The molecule has 1 amide bonds. The van der Waals surface area contributed by atoms with Crippen LogP contribution in [0, 0.1) is 5.41 Å². The molecular formula is C23H21ClF5NO5. The number of carbonyl (C=O) groups excluding carboxylic acids is 2. The lowest BCUT2D eigenvalue weighted by Gasteiger charge is -2.26. The zero-order valence-electron chi connectivity index (χ0n) is 18.5. The molecule has 190 valence electrons. The first kappa shape index (κ1) is 28.0. The maximum Gasteiger partial charge on any atom is 0.402 e. The van der Waals surface area contributed by atoms with Gasteiger partial charge in [0.15, 0.2) is 5.78 Å². The summed E-state index contributed by atoms with van der Waals surface area (Å²) in [7, 11) is 0. The number of aromatic carboxylic acids is 1. The zero-order chi connectivity index (χ0) is 26.6. The average Bonchev–Trinajstić information content (AvgIpc) is 2.76. The van der Waals surface area contributed by atoms with Gasteiger partial charge in [0.2, 0.25) is 5.91 Å². The third-order valence-electron chi connectivity index (χ3n) is 5.06. The van der Waals surface area contributed by atoms with Gasteiger partial charge in [-0.2, -0.15) is 13.2 Å². The standard InChI is InChI=1S/C23H21ClF5NO5/c1-22(2,23(27,28)29)21(34)30-10-13-3-5-16(24)14(8-13)17(31)9-12-4-6-18(35-11-19(25)26)15(7-12)20(32)33/h3-8,19H,9-11H2,1-2H3,(H,30,34)(H,32,33). The van der Waals surface area contributed by atoms with E-state index in [4.69, 9.17) is 16.3 Å². The minimum absolute atomic E-state index is 0.00315. The van der Waals surface area contributed by atoms with Crippen LogP contribution in [0.1, 0.15) is 45.7 Å². The van der Waals surface area contributed by atoms with Crippen molar-refractivity contribution in [3.8, 4) is 5.75 Å². The highest BCUT2D eigenvalue weighted by Crippen LogP contribution is 2.37. The lowest BCUT2D eigenvalue weighted by Crippen LogP contribution is -2.46. The van der Waals surface area contributed by atoms with Gasteiger partial charge in [-0.25, -0.2) is 13.6 Å². The Morgan fingerprint density at radius 1 is 1.03 bits per heavy atom. The molecule has 12 heteroatoms. The van der Waals surface area contributed by atoms with Crippen molar-refractivity contribution in [3.05, 3.63) is 63.7 Å². The molecule has 0 aliphatic rings. The molecule has 2 aromatic carbocycles. The number of ether oxygens (including phenoxy) is 1. The number of halogens is 6. The number of ketones is 1. The number of carboxylic acids is 1. The number of benzene rings is 2. The van der Waals surface area contributed by atoms with E-state index in [0.29, 0.717) is 5.56 Å². The van der Waals surface area contributed by atoms with Gasteiger partial charge in [0.1, 0.15) is 23.3 Å². The van der Waals surface area contributed by atoms with E-state index in [-0.39, 0.29) is 34.9 Å². The molecule has 2 aromatic rings. The monoisotopic (exact) mass is 521 g/mol. The fourth-order valence-corrected chi connectivity index (χ4v) is 3.06. The van der Waals surface area contributed by atoms with Crippen LogP contribution < -0.4 is 10.1 Å². The summed E-state index contributed by atoms with van der Waals surface area (Å²) in [6.07, 6.45) is -7.88. The number of hydrogen-bond acceptors (Lipinski definition) is 4. The lowest BCUT2D eigenvalue weighted by atomic mass is 9.91. The average molecular weight is 522 g/mol. The summed E-state index contributed by atoms with van der Waals surface area (Å²) in [5.74, 6) is -3.52. The fourth-order valence-electron chi connectivity index (χ4n) is 2.84. The van der Waals surface area contributed by atoms with Gasteiger partial charge in [-0.05, 0) is 49.2 Å². The normalized spacial score (nSPS) is 11.9. The molecule has 0 heterocycles. The smallest absolute Gasteiger partial charge is 0.402 e. The summed E-state index contributed by atoms with van der Waals surface area (Å²) < 4.78 is 68.6. The van der Waals surface area contributed by atoms with Crippen molar-refractivity contribution in [1.29, 1.82) is 0 Å². The van der Waals surface area contributed by atoms with Gasteiger partial charge < -0.3 is 15.2 Å². The van der Waals surface area contributed by atoms with Crippen LogP contribution in [0.25, 0.3) is 0 Å². The Kier molecular flexibility index (Phi) is 8.83. The predicted octanol–water partition coefficient (Wildman–Crippen LogP) is 5.31. The Balaban J connectivity index is 2.18. The van der Waals surface area contributed by atoms with Gasteiger partial charge in [-0.1, -0.05) is 23.7 Å². The van der Waals surface area contributed by atoms with Crippen molar-refractivity contribution in [2.45, 2.75) is 39.4 Å². The molecule has 0 spiro atoms. The van der Waals surface area contributed by atoms with E-state index in [1.54, 1.807) is 0 Å². The SMILES string of the molecule is CC(C)(C(=O)NCc1ccc(Cl)c(C(=O)Cc2ccc(OCC(F)F)c(C(=O)O)c2)c1)C(F)(F)F. The first-order valence-corrected chi connectivity index (χ1v) is 10.4. The van der Waals surface area contributed by atoms with Crippen LogP contribution in [0.5, 0.6) is 5.75 Å². The number of amides is 1. The number of Topliss-reactive ketones (excluding diaryl/α,β-unsaturated/α-hetero) is 1. The summed E-state index contributed by atoms with van der Waals surface area (Å²) in [5.41, 5.74) is -2.48. The van der Waals surface area contributed by atoms with Crippen LogP contribution in [0.2, 0.25) is 5.02 Å². The van der Waals surface area contributed by atoms with E-state index in [1.165, 1.54) is 24.3 Å². The fraction of sp³-hybridized carbons (Fsp3) is 0.348. The number of hydrogen-bond donors (Lipinski definition) is 2. The first-order valence-electron chi connectivity index (χ1n) is 10.1. The van der Waals surface area contributed by atoms with Crippen molar-refractivity contribution in [3.63, 3.8) is 0 Å². The van der Waals surface area contributed by atoms with Crippen LogP contribution in [0.3, 0.4) is 0 Å². The molecule has 35 heavy (non-hydrogen) atoms. The van der Waals surface area contributed by atoms with E-state index < -0.39 is 47.8 Å². The molecule has 0 atom stereocenters. The predicted molar refractivity (Wildman–Crippen MR) is 116 cm³/mol. The van der Waals surface area contributed by atoms with Crippen molar-refractivity contribution >= 4 is 29.3 Å². The Hall–Kier alpha value is -3.21. The second-order valence-electron chi connectivity index (χ2n) is 8.06. The quantitative estimate of drug-likeness (QED) is 0.326. The van der Waals surface area contributed by atoms with Crippen molar-refractivity contribution < 1.29 is 46.2 Å². The van der Waals surface area contributed by atoms with Crippen LogP contribution in [-0.2, 0) is 17.8 Å². The molecule has 0 saturated heterocycles. The topological polar surface area (TPSA) is 92.7 Å². The van der Waals surface area contributed by atoms with E-state index >= 15 is 0 Å². The number of carboxylic acid groups (broad SMARTS) is 1. The number of nitrogens with one attached hydrogen (secondary N) is 1. The van der Waals surface area contributed by atoms with Gasteiger partial charge >= 0.3 is 12.1 Å². The molecule has 0 aliphatic heterocycles. The molecule has 0 radical (unpaired) electrons. The van der Waals surface area contributed by atoms with Crippen LogP contribution in [0.4, 0.5) is 22.0 Å². The van der Waals surface area contributed by atoms with Gasteiger partial charge in [-0.3, -0.25) is 9.59 Å². The Morgan fingerprint density at radius 2 is 1.63 bits per heavy atom. The molecule has 6 nitrogen and oxygen atoms in total. The summed E-state index contributed by atoms with van der Waals surface area (Å²) in [5, 5.41) is 11.5. The van der Waals surface area contributed by atoms with Gasteiger partial charge in [0.05, 0.1) is 5.02 Å². The highest BCUT2D eigenvalue weighted by atomic mass is 35.5. The van der Waals surface area contributed by atoms with E-state index in [2.05, 4.69) is 5.32 Å². The third-order valence-corrected chi connectivity index (χ3v) is 5.39. The molecule has 2 N–H and O–H groups in total. The molecule has 0 aliphatic carbocycles. The Bertz CT molecular complexity index is 1120. The minimum Gasteiger partial charge on any atom is -0.487 e. The minimum atomic E-state index is -4.76. The molecule has 0 saturated carbocycles. The second kappa shape index (κ2) is 11.0. The lowest BCUT2D eigenvalue weighted by molar-refractivity contribution is -0.211. The maximum atomic E-state index is 13.0. The van der Waals surface area contributed by atoms with Crippen molar-refractivity contribution in [2.24, 2.45) is 5.41 Å². The van der Waals surface area contributed by atoms with E-state index in [1.807, 2.05) is 0 Å². The summed E-state index contributed by atoms with van der Waals surface area (Å²) >= 11 is 6.09. The summed E-state index contributed by atoms with van der Waals surface area (Å²) in [6, 6.07) is 7.68. The van der Waals surface area contributed by atoms with E-state index in [0.717, 1.165) is 26.0 Å². The Labute approximate surface area is 202 Å². The van der Waals surface area contributed by atoms with Crippen LogP contribution >= 0.6 is 11.6 Å². The first-order chi connectivity index (χ1) is 16.1. The molecule has 0 fully saturated rings. The van der Waals surface area contributed by atoms with Crippen molar-refractivity contribution in [2.75, 3.05) is 6.61 Å². The highest BCUT2D eigenvalue weighted by molar-refractivity contribution is 6.34. The zero-order valence-corrected chi connectivity index (χ0v) is 19.3. The molecule has 0 bridgehead atoms. The van der Waals surface area contributed by atoms with Crippen molar-refractivity contribution in [1.82, 2.24) is 5.32 Å². The Morgan fingerprint density at radius 3 is 2.20 bits per heavy atom. The summed E-state index contributed by atoms with van der Waals surface area (Å²) in [6.45, 7) is 0.190. The molecule has 0 aromatic heterocycles. The number of alkyl halides is 5. The van der Waals surface area contributed by atoms with Gasteiger partial charge in [0, 0.05) is 18.5 Å². The molecule has 0 unspecified atom stereocenters. The second-order valence-corrected chi connectivity index (χ2v) is 8.46. The largest absolute Gasteiger partial charge is 0.487 e. The highest BCUT2D eigenvalue weighted by Gasteiger charge is 2.52. The van der Waals surface area contributed by atoms with Gasteiger partial charge in [0.25, 0.3) is 6.43 Å². The van der Waals surface area contributed by atoms with Crippen LogP contribution in [0.15, 0.2) is 36.4 Å². The molecule has 2 rings (SSSR count). The number of carbonyl (C=O) groups is 3. The molecular weight excluding hydrogens is 501 g/mol. The summed E-state index contributed by atoms with van der Waals surface area (Å²) in [4.78, 5) is 36.2. The maximum absolute atomic E-state index is 13.0. The van der Waals surface area contributed by atoms with Gasteiger partial charge in [-0.15, -0.1) is 0 Å². The number of rotatable bonds is 10.